The molecule has 0 N–H and O–H groups in total. The molecule has 0 saturated heterocycles. The monoisotopic (exact) mass is 2660 g/mol. The van der Waals surface area contributed by atoms with Gasteiger partial charge in [-0.1, -0.05) is 200 Å². The van der Waals surface area contributed by atoms with E-state index in [1.807, 2.05) is 175 Å². The molecule has 0 bridgehead atoms. The molecular weight excluding hydrogens is 2590 g/mol. The van der Waals surface area contributed by atoms with Gasteiger partial charge in [0.25, 0.3) is 12.1 Å². The number of benzene rings is 3. The number of halogens is 6. The summed E-state index contributed by atoms with van der Waals surface area (Å²) in [5.41, 5.74) is 8.25. The van der Waals surface area contributed by atoms with Crippen LogP contribution in [0.4, 0.5) is 66.7 Å². The molecule has 18 aromatic heterocycles. The van der Waals surface area contributed by atoms with Gasteiger partial charge in [-0.2, -0.15) is 26.3 Å². The Hall–Kier alpha value is -16.1. The summed E-state index contributed by atoms with van der Waals surface area (Å²) in [4.78, 5) is 58.8. The van der Waals surface area contributed by atoms with Gasteiger partial charge in [0.2, 0.25) is 0 Å². The molecule has 146 heavy (non-hydrogen) atoms. The molecule has 3 aromatic carbocycles. The summed E-state index contributed by atoms with van der Waals surface area (Å²) in [6.07, 6.45) is 18.2. The molecule has 21 aromatic rings. The molecule has 0 atom stereocenters. The van der Waals surface area contributed by atoms with Crippen molar-refractivity contribution >= 4 is 73.2 Å². The van der Waals surface area contributed by atoms with Gasteiger partial charge in [-0.15, -0.1) is 56.2 Å². The largest absolute Gasteiger partial charge is 2.00 e. The molecule has 0 spiro atoms. The van der Waals surface area contributed by atoms with Gasteiger partial charge >= 0.3 is 102 Å². The van der Waals surface area contributed by atoms with Crippen LogP contribution in [0.2, 0.25) is 0 Å². The minimum absolute atomic E-state index is 0. The number of para-hydroxylation sites is 3. The van der Waals surface area contributed by atoms with Crippen LogP contribution in [0, 0.1) is 85.6 Å². The fraction of sp³-hybridized carbons (Fsp3) is 0.140. The summed E-state index contributed by atoms with van der Waals surface area (Å²) < 4.78 is 94.5. The van der Waals surface area contributed by atoms with E-state index < -0.39 is 40.0 Å². The van der Waals surface area contributed by atoms with Crippen molar-refractivity contribution in [1.82, 2.24) is 97.0 Å². The first-order chi connectivity index (χ1) is 68.4. The Morgan fingerprint density at radius 2 is 0.740 bits per heavy atom. The fourth-order valence-corrected chi connectivity index (χ4v) is 15.6. The SMILES string of the molecule is CC(C)(c1cccc(-n2[c-]cc3cccc[n+]32)n1)c1cccc(-n2[c-]cc3cccc[n+]32)n1.CN(C)c1cc(-n2[c-]cc3ccccc32)nc(C(C)(C)c2cc(N(C)C)cc(-n3[c-]cc4ccccc43)n2)c1.FC(F)(F)c1c[c-]n(-c2cccc(N(c3ccccc3)c3cccc(-n4[c-]cc(C(F)(F)F)n4)n3)n2)n1.[C-]#[N+]c1n[c-]n(-c2cccc(C(C)(C)c3cccc(-n4[c-]nc(C#N)c4C#N)n3)n2)c1[N+]#[C-].[Pt+2].[Pt+2].[Pt+2].[Pt+2]. The first-order valence-corrected chi connectivity index (χ1v) is 43.9. The van der Waals surface area contributed by atoms with E-state index in [1.54, 1.807) is 83.8 Å². The molecule has 0 saturated carbocycles. The van der Waals surface area contributed by atoms with E-state index in [0.717, 1.165) is 99.6 Å². The van der Waals surface area contributed by atoms with Crippen LogP contribution in [-0.4, -0.2) is 125 Å². The van der Waals surface area contributed by atoms with Crippen molar-refractivity contribution in [2.75, 3.05) is 42.9 Å². The van der Waals surface area contributed by atoms with E-state index in [1.165, 1.54) is 21.3 Å². The number of hydrogen-bond donors (Lipinski definition) is 0. The maximum Gasteiger partial charge on any atom is 2.00 e. The van der Waals surface area contributed by atoms with Crippen molar-refractivity contribution in [2.45, 2.75) is 70.1 Å². The Morgan fingerprint density at radius 1 is 0.349 bits per heavy atom. The van der Waals surface area contributed by atoms with E-state index >= 15 is 0 Å². The van der Waals surface area contributed by atoms with Crippen molar-refractivity contribution in [3.63, 3.8) is 0 Å². The molecule has 732 valence electrons. The molecule has 18 heterocycles. The van der Waals surface area contributed by atoms with Crippen molar-refractivity contribution in [3.8, 4) is 58.7 Å². The van der Waals surface area contributed by atoms with E-state index in [-0.39, 0.29) is 131 Å². The number of alkyl halides is 6. The summed E-state index contributed by atoms with van der Waals surface area (Å²) in [6.45, 7) is 27.1. The van der Waals surface area contributed by atoms with Crippen LogP contribution < -0.4 is 23.7 Å². The average molecular weight is 2670 g/mol. The van der Waals surface area contributed by atoms with E-state index in [0.29, 0.717) is 40.8 Å². The smallest absolute Gasteiger partial charge is 0.429 e. The van der Waals surface area contributed by atoms with Gasteiger partial charge in [0.15, 0.2) is 12.4 Å². The van der Waals surface area contributed by atoms with Gasteiger partial charge in [-0.25, -0.2) is 19.9 Å². The molecule has 0 amide bonds. The second kappa shape index (κ2) is 44.0. The molecule has 39 heteroatoms. The Kier molecular flexibility index (Phi) is 31.8. The molecule has 29 nitrogen and oxygen atoms in total. The van der Waals surface area contributed by atoms with Crippen LogP contribution in [0.25, 0.3) is 89.1 Å². The Balaban J connectivity index is 0.000000153. The van der Waals surface area contributed by atoms with Gasteiger partial charge < -0.3 is 47.5 Å². The van der Waals surface area contributed by atoms with E-state index in [2.05, 4.69) is 238 Å². The predicted molar refractivity (Wildman–Crippen MR) is 517 cm³/mol. The first kappa shape index (κ1) is 106. The predicted octanol–water partition coefficient (Wildman–Crippen LogP) is 19.4. The van der Waals surface area contributed by atoms with E-state index in [4.69, 9.17) is 38.3 Å². The van der Waals surface area contributed by atoms with Crippen LogP contribution in [0.1, 0.15) is 98.5 Å². The summed E-state index contributed by atoms with van der Waals surface area (Å²) in [5.74, 6) is 4.71. The summed E-state index contributed by atoms with van der Waals surface area (Å²) in [7, 11) is 8.24. The average Bonchev–Trinajstić information content (AvgIpc) is 1.56. The molecule has 0 aliphatic rings. The Morgan fingerprint density at radius 3 is 1.16 bits per heavy atom. The van der Waals surface area contributed by atoms with Crippen LogP contribution in [0.15, 0.2) is 298 Å². The van der Waals surface area contributed by atoms with Crippen molar-refractivity contribution in [2.24, 2.45) is 0 Å². The number of fused-ring (bicyclic) bond motifs is 4. The van der Waals surface area contributed by atoms with Crippen LogP contribution in [-0.2, 0) is 113 Å². The zero-order valence-electron chi connectivity index (χ0n) is 78.8. The summed E-state index contributed by atoms with van der Waals surface area (Å²) >= 11 is 0. The molecule has 0 aliphatic carbocycles. The van der Waals surface area contributed by atoms with Gasteiger partial charge in [0.05, 0.1) is 69.9 Å². The molecule has 21 rings (SSSR count). The number of nitriles is 2. The third-order valence-electron chi connectivity index (χ3n) is 23.4. The second-order valence-electron chi connectivity index (χ2n) is 34.2. The van der Waals surface area contributed by atoms with Gasteiger partial charge in [0, 0.05) is 120 Å². The van der Waals surface area contributed by atoms with Crippen molar-refractivity contribution in [3.05, 3.63) is 427 Å². The fourth-order valence-electron chi connectivity index (χ4n) is 15.6. The number of anilines is 5. The van der Waals surface area contributed by atoms with Crippen molar-refractivity contribution in [1.29, 1.82) is 10.5 Å². The zero-order valence-corrected chi connectivity index (χ0v) is 87.9. The van der Waals surface area contributed by atoms with Crippen LogP contribution in [0.3, 0.4) is 0 Å². The third kappa shape index (κ3) is 21.7. The molecule has 0 aliphatic heterocycles. The molecule has 0 fully saturated rings. The van der Waals surface area contributed by atoms with Gasteiger partial charge in [-0.05, 0) is 145 Å². The number of hydrogen-bond acceptors (Lipinski definition) is 17. The minimum Gasteiger partial charge on any atom is -0.429 e. The zero-order chi connectivity index (χ0) is 99.5. The first-order valence-electron chi connectivity index (χ1n) is 43.9. The van der Waals surface area contributed by atoms with Crippen LogP contribution in [0.5, 0.6) is 0 Å². The maximum atomic E-state index is 13.0. The quantitative estimate of drug-likeness (QED) is 0.0413. The second-order valence-corrected chi connectivity index (χ2v) is 34.2. The number of pyridine rings is 10. The molecule has 0 unspecified atom stereocenters. The maximum absolute atomic E-state index is 13.0. The minimum atomic E-state index is -4.64. The normalized spacial score (nSPS) is 11.3. The Bertz CT molecular complexity index is 8010. The van der Waals surface area contributed by atoms with Gasteiger partial charge in [0.1, 0.15) is 28.5 Å². The summed E-state index contributed by atoms with van der Waals surface area (Å²) in [5, 5.41) is 27.8. The van der Waals surface area contributed by atoms with Crippen LogP contribution >= 0.6 is 0 Å². The number of imidazole rings is 2. The topological polar surface area (TPSA) is 268 Å². The van der Waals surface area contributed by atoms with Crippen molar-refractivity contribution < 1.29 is 120 Å². The summed E-state index contributed by atoms with van der Waals surface area (Å²) in [6, 6.07) is 91.3. The van der Waals surface area contributed by atoms with E-state index in [9.17, 15) is 31.6 Å². The molecular formula is C107H79F6N29Pt4+2. The van der Waals surface area contributed by atoms with Gasteiger partial charge in [-0.3, -0.25) is 59.5 Å². The third-order valence-corrected chi connectivity index (χ3v) is 23.4. The number of aromatic nitrogens is 22. The molecule has 0 radical (unpaired) electrons. The Labute approximate surface area is 892 Å². The standard InChI is InChI=1S/C33H32N6.C27H22N6.C24H13F6N7.C23H12N10.4Pt/c1-33(2,29-19-25(36(3)4)21-31(34-29)38-17-15-23-11-7-9-13-27(23)38)30-20-26(37(5)6)22-32(35-30)39-18-16-24-12-8-10-14-28(24)39;1-27(2,23-11-7-13-25(28-23)32-19-15-21-9-3-5-17-30(21)32)24-12-8-14-26(29-24)33-20-16-22-10-4-6-18-31(22)33;25-23(26,27)17-12-14-35(33-17)19-8-4-10-21(31-19)37(16-6-2-1-3-7-16)22-11-5-9-20(32-22)36-15-13-18(34-36)24(28,29)30;1-23(2,17-7-5-9-19(30-17)32-13-28-15(11-24)16(32)12-25)18-8-6-10-20(31-18)33-14-29-21(26-3)22(33)27-4;;;;/h7-16,19-22H,1-6H3;3-18H,1-2H3;1-13H;5-10H,1-2H3;;;;/q-2;;2*-2;4*+2. The number of nitrogens with zero attached hydrogens (tertiary/aromatic N) is 29. The number of rotatable bonds is 19.